The summed E-state index contributed by atoms with van der Waals surface area (Å²) in [5, 5.41) is 12.0. The van der Waals surface area contributed by atoms with E-state index in [9.17, 15) is 14.7 Å². The number of fused-ring (bicyclic) bond motifs is 3. The van der Waals surface area contributed by atoms with Crippen LogP contribution >= 0.6 is 0 Å². The van der Waals surface area contributed by atoms with Crippen molar-refractivity contribution in [2.75, 3.05) is 0 Å². The molecule has 0 aliphatic carbocycles. The van der Waals surface area contributed by atoms with E-state index in [1.54, 1.807) is 13.0 Å². The number of hydrogen-bond donors (Lipinski definition) is 1. The Morgan fingerprint density at radius 1 is 1.10 bits per heavy atom. The second-order valence-electron chi connectivity index (χ2n) is 7.93. The van der Waals surface area contributed by atoms with E-state index < -0.39 is 5.63 Å². The summed E-state index contributed by atoms with van der Waals surface area (Å²) in [5.74, 6) is 0.0828. The molecule has 0 saturated heterocycles. The standard InChI is InChI=1S/C25H22O5/c1-13(2)10-18(26)22-23(28)21-16(15-8-6-5-7-9-15)12-20(27)30-24(21)17-11-19(14(3)4)29-25(17)22/h5-9,11-13,28H,3,10H2,1-2,4H3. The molecule has 0 spiro atoms. The van der Waals surface area contributed by atoms with E-state index in [4.69, 9.17) is 8.83 Å². The van der Waals surface area contributed by atoms with Crippen LogP contribution < -0.4 is 5.63 Å². The largest absolute Gasteiger partial charge is 0.506 e. The Balaban J connectivity index is 2.20. The highest BCUT2D eigenvalue weighted by Gasteiger charge is 2.27. The quantitative estimate of drug-likeness (QED) is 0.319. The number of carbonyl (C=O) groups excluding carboxylic acids is 1. The van der Waals surface area contributed by atoms with Gasteiger partial charge in [0, 0.05) is 18.1 Å². The monoisotopic (exact) mass is 402 g/mol. The summed E-state index contributed by atoms with van der Waals surface area (Å²) in [7, 11) is 0. The smallest absolute Gasteiger partial charge is 0.336 e. The van der Waals surface area contributed by atoms with Gasteiger partial charge in [-0.3, -0.25) is 4.79 Å². The third-order valence-corrected chi connectivity index (χ3v) is 5.02. The van der Waals surface area contributed by atoms with Gasteiger partial charge >= 0.3 is 5.63 Å². The third kappa shape index (κ3) is 3.22. The van der Waals surface area contributed by atoms with Crippen LogP contribution in [0.15, 0.2) is 62.7 Å². The number of ketones is 1. The van der Waals surface area contributed by atoms with Crippen LogP contribution in [0.3, 0.4) is 0 Å². The number of carbonyl (C=O) groups is 1. The number of furan rings is 1. The van der Waals surface area contributed by atoms with Crippen molar-refractivity contribution >= 4 is 33.3 Å². The van der Waals surface area contributed by atoms with Crippen molar-refractivity contribution in [1.82, 2.24) is 0 Å². The van der Waals surface area contributed by atoms with Gasteiger partial charge in [-0.25, -0.2) is 4.79 Å². The normalized spacial score (nSPS) is 11.5. The maximum absolute atomic E-state index is 13.1. The van der Waals surface area contributed by atoms with Crippen molar-refractivity contribution in [3.63, 3.8) is 0 Å². The SMILES string of the molecule is C=C(C)c1cc2c(o1)c(C(=O)CC(C)C)c(O)c1c(-c3ccccc3)cc(=O)oc12. The van der Waals surface area contributed by atoms with Gasteiger partial charge in [-0.15, -0.1) is 0 Å². The van der Waals surface area contributed by atoms with Crippen LogP contribution in [-0.2, 0) is 0 Å². The molecule has 152 valence electrons. The van der Waals surface area contributed by atoms with E-state index in [2.05, 4.69) is 6.58 Å². The molecule has 4 rings (SSSR count). The summed E-state index contributed by atoms with van der Waals surface area (Å²) in [6, 6.07) is 12.2. The predicted octanol–water partition coefficient (Wildman–Crippen LogP) is 6.17. The fourth-order valence-corrected chi connectivity index (χ4v) is 3.68. The molecule has 2 aromatic heterocycles. The van der Waals surface area contributed by atoms with Crippen LogP contribution in [0.2, 0.25) is 0 Å². The number of Topliss-reactive ketones (excluding diaryl/α,β-unsaturated/α-hetero) is 1. The number of rotatable bonds is 5. The van der Waals surface area contributed by atoms with Crippen LogP contribution in [0, 0.1) is 5.92 Å². The molecule has 0 saturated carbocycles. The van der Waals surface area contributed by atoms with Crippen molar-refractivity contribution in [3.05, 3.63) is 70.8 Å². The van der Waals surface area contributed by atoms with Crippen molar-refractivity contribution in [2.24, 2.45) is 5.92 Å². The Hall–Kier alpha value is -3.60. The lowest BCUT2D eigenvalue weighted by molar-refractivity contribution is 0.0966. The number of phenols is 1. The zero-order valence-electron chi connectivity index (χ0n) is 17.1. The van der Waals surface area contributed by atoms with E-state index in [1.165, 1.54) is 6.07 Å². The van der Waals surface area contributed by atoms with E-state index in [1.807, 2.05) is 44.2 Å². The summed E-state index contributed by atoms with van der Waals surface area (Å²) >= 11 is 0. The average molecular weight is 402 g/mol. The molecule has 0 fully saturated rings. The Morgan fingerprint density at radius 2 is 1.80 bits per heavy atom. The summed E-state index contributed by atoms with van der Waals surface area (Å²) in [5.41, 5.74) is 1.82. The topological polar surface area (TPSA) is 80.6 Å². The number of allylic oxidation sites excluding steroid dienone is 1. The highest BCUT2D eigenvalue weighted by Crippen LogP contribution is 2.44. The van der Waals surface area contributed by atoms with Gasteiger partial charge in [0.05, 0.1) is 10.8 Å². The number of aromatic hydroxyl groups is 1. The minimum absolute atomic E-state index is 0.0977. The van der Waals surface area contributed by atoms with Crippen LogP contribution in [0.5, 0.6) is 5.75 Å². The molecule has 0 aliphatic rings. The Kier molecular flexibility index (Phi) is 4.82. The van der Waals surface area contributed by atoms with Crippen molar-refractivity contribution in [2.45, 2.75) is 27.2 Å². The zero-order chi connectivity index (χ0) is 21.6. The van der Waals surface area contributed by atoms with Gasteiger partial charge < -0.3 is 13.9 Å². The highest BCUT2D eigenvalue weighted by atomic mass is 16.4. The van der Waals surface area contributed by atoms with Gasteiger partial charge in [0.15, 0.2) is 16.9 Å². The first-order chi connectivity index (χ1) is 14.3. The van der Waals surface area contributed by atoms with Gasteiger partial charge in [0.2, 0.25) is 0 Å². The Morgan fingerprint density at radius 3 is 2.43 bits per heavy atom. The molecular formula is C25H22O5. The lowest BCUT2D eigenvalue weighted by atomic mass is 9.93. The summed E-state index contributed by atoms with van der Waals surface area (Å²) < 4.78 is 11.4. The van der Waals surface area contributed by atoms with E-state index in [-0.39, 0.29) is 40.6 Å². The summed E-state index contributed by atoms with van der Waals surface area (Å²) in [6.07, 6.45) is 0.245. The van der Waals surface area contributed by atoms with Gasteiger partial charge in [0.1, 0.15) is 17.1 Å². The minimum Gasteiger partial charge on any atom is -0.506 e. The Labute approximate surface area is 173 Å². The molecule has 0 radical (unpaired) electrons. The first kappa shape index (κ1) is 19.7. The van der Waals surface area contributed by atoms with Gasteiger partial charge in [-0.1, -0.05) is 50.8 Å². The molecule has 0 bridgehead atoms. The molecule has 2 heterocycles. The van der Waals surface area contributed by atoms with Crippen molar-refractivity contribution in [1.29, 1.82) is 0 Å². The molecule has 30 heavy (non-hydrogen) atoms. The fourth-order valence-electron chi connectivity index (χ4n) is 3.68. The molecule has 5 heteroatoms. The van der Waals surface area contributed by atoms with Crippen LogP contribution in [-0.4, -0.2) is 10.9 Å². The summed E-state index contributed by atoms with van der Waals surface area (Å²) in [6.45, 7) is 9.54. The first-order valence-corrected chi connectivity index (χ1v) is 9.78. The van der Waals surface area contributed by atoms with Crippen LogP contribution in [0.25, 0.3) is 38.6 Å². The van der Waals surface area contributed by atoms with Crippen LogP contribution in [0.1, 0.15) is 43.3 Å². The van der Waals surface area contributed by atoms with Gasteiger partial charge in [-0.2, -0.15) is 0 Å². The lowest BCUT2D eigenvalue weighted by Gasteiger charge is -2.12. The van der Waals surface area contributed by atoms with Gasteiger partial charge in [-0.05, 0) is 30.0 Å². The number of hydrogen-bond acceptors (Lipinski definition) is 5. The fraction of sp³-hybridized carbons (Fsp3) is 0.200. The first-order valence-electron chi connectivity index (χ1n) is 9.78. The predicted molar refractivity (Wildman–Crippen MR) is 118 cm³/mol. The maximum atomic E-state index is 13.1. The van der Waals surface area contributed by atoms with E-state index in [0.717, 1.165) is 5.56 Å². The summed E-state index contributed by atoms with van der Waals surface area (Å²) in [4.78, 5) is 25.5. The molecule has 2 aromatic carbocycles. The lowest BCUT2D eigenvalue weighted by Crippen LogP contribution is -2.06. The van der Waals surface area contributed by atoms with Crippen LogP contribution in [0.4, 0.5) is 0 Å². The third-order valence-electron chi connectivity index (χ3n) is 5.02. The van der Waals surface area contributed by atoms with Crippen molar-refractivity contribution < 1.29 is 18.7 Å². The molecular weight excluding hydrogens is 380 g/mol. The maximum Gasteiger partial charge on any atom is 0.336 e. The zero-order valence-corrected chi connectivity index (χ0v) is 17.1. The minimum atomic E-state index is -0.554. The molecule has 4 aromatic rings. The highest BCUT2D eigenvalue weighted by molar-refractivity contribution is 6.20. The number of phenolic OH excluding ortho intramolecular Hbond substituents is 1. The molecule has 0 aliphatic heterocycles. The van der Waals surface area contributed by atoms with Crippen molar-refractivity contribution in [3.8, 4) is 16.9 Å². The number of benzene rings is 2. The molecule has 0 atom stereocenters. The van der Waals surface area contributed by atoms with Gasteiger partial charge in [0.25, 0.3) is 0 Å². The average Bonchev–Trinajstić information content (AvgIpc) is 3.13. The Bertz CT molecular complexity index is 1350. The molecule has 5 nitrogen and oxygen atoms in total. The second kappa shape index (κ2) is 7.34. The molecule has 0 amide bonds. The molecule has 0 unspecified atom stereocenters. The second-order valence-corrected chi connectivity index (χ2v) is 7.93. The molecule has 1 N–H and O–H groups in total. The van der Waals surface area contributed by atoms with E-state index >= 15 is 0 Å². The van der Waals surface area contributed by atoms with E-state index in [0.29, 0.717) is 27.7 Å².